The molecule has 0 radical (unpaired) electrons. The lowest BCUT2D eigenvalue weighted by Gasteiger charge is -2.10. The minimum atomic E-state index is -0.259. The smallest absolute Gasteiger partial charge is 0.258 e. The zero-order valence-corrected chi connectivity index (χ0v) is 13.2. The van der Waals surface area contributed by atoms with Crippen molar-refractivity contribution in [3.63, 3.8) is 0 Å². The number of anilines is 1. The lowest BCUT2D eigenvalue weighted by Crippen LogP contribution is -2.18. The first-order valence-electron chi connectivity index (χ1n) is 6.27. The van der Waals surface area contributed by atoms with E-state index in [0.29, 0.717) is 21.4 Å². The number of benzene rings is 1. The molecule has 21 heavy (non-hydrogen) atoms. The summed E-state index contributed by atoms with van der Waals surface area (Å²) in [6.07, 6.45) is 1.60. The Bertz CT molecular complexity index is 701. The monoisotopic (exact) mass is 347 g/mol. The van der Waals surface area contributed by atoms with Crippen LogP contribution in [0, 0.1) is 6.92 Å². The average Bonchev–Trinajstić information content (AvgIpc) is 2.48. The van der Waals surface area contributed by atoms with Gasteiger partial charge in [0.25, 0.3) is 11.8 Å². The fourth-order valence-corrected chi connectivity index (χ4v) is 2.26. The Balaban J connectivity index is 2.22. The molecule has 0 aliphatic rings. The quantitative estimate of drug-likeness (QED) is 0.838. The third kappa shape index (κ3) is 3.46. The van der Waals surface area contributed by atoms with Gasteiger partial charge < -0.3 is 10.6 Å². The molecule has 5 nitrogen and oxygen atoms in total. The summed E-state index contributed by atoms with van der Waals surface area (Å²) in [6.45, 7) is 1.83. The second-order valence-electron chi connectivity index (χ2n) is 4.40. The fourth-order valence-electron chi connectivity index (χ4n) is 1.83. The van der Waals surface area contributed by atoms with Crippen LogP contribution in [0.5, 0.6) is 0 Å². The first-order chi connectivity index (χ1) is 10.0. The molecule has 2 amide bonds. The molecule has 0 saturated heterocycles. The van der Waals surface area contributed by atoms with Crippen LogP contribution in [0.25, 0.3) is 0 Å². The molecule has 0 atom stereocenters. The third-order valence-electron chi connectivity index (χ3n) is 2.97. The molecule has 1 heterocycles. The molecule has 0 aliphatic heterocycles. The van der Waals surface area contributed by atoms with Gasteiger partial charge in [-0.05, 0) is 58.7 Å². The normalized spacial score (nSPS) is 10.0. The Hall–Kier alpha value is -2.21. The van der Waals surface area contributed by atoms with Crippen LogP contribution in [0.1, 0.15) is 26.3 Å². The van der Waals surface area contributed by atoms with E-state index in [4.69, 9.17) is 0 Å². The summed E-state index contributed by atoms with van der Waals surface area (Å²) in [4.78, 5) is 27.8. The van der Waals surface area contributed by atoms with Crippen molar-refractivity contribution >= 4 is 33.4 Å². The molecule has 0 spiro atoms. The number of nitrogens with one attached hydrogen (secondary N) is 2. The van der Waals surface area contributed by atoms with Crippen molar-refractivity contribution < 1.29 is 9.59 Å². The van der Waals surface area contributed by atoms with Gasteiger partial charge in [0.05, 0.1) is 5.56 Å². The molecule has 1 aromatic heterocycles. The maximum absolute atomic E-state index is 12.2. The van der Waals surface area contributed by atoms with Crippen LogP contribution in [0.2, 0.25) is 0 Å². The van der Waals surface area contributed by atoms with Gasteiger partial charge in [-0.2, -0.15) is 0 Å². The number of aromatic nitrogens is 1. The Labute approximate surface area is 130 Å². The van der Waals surface area contributed by atoms with Gasteiger partial charge in [-0.3, -0.25) is 9.59 Å². The standard InChI is InChI=1S/C15H14BrN3O2/c1-9-8-10(14(20)17-2)5-6-12(9)19-15(21)11-4-3-7-18-13(11)16/h3-8H,1-2H3,(H,17,20)(H,19,21). The van der Waals surface area contributed by atoms with Gasteiger partial charge in [0, 0.05) is 24.5 Å². The predicted molar refractivity (Wildman–Crippen MR) is 84.5 cm³/mol. The number of nitrogens with zero attached hydrogens (tertiary/aromatic N) is 1. The number of amides is 2. The van der Waals surface area contributed by atoms with Gasteiger partial charge in [0.1, 0.15) is 4.60 Å². The van der Waals surface area contributed by atoms with Crippen LogP contribution in [0.4, 0.5) is 5.69 Å². The number of hydrogen-bond acceptors (Lipinski definition) is 3. The molecule has 2 N–H and O–H groups in total. The van der Waals surface area contributed by atoms with E-state index in [1.165, 1.54) is 0 Å². The highest BCUT2D eigenvalue weighted by molar-refractivity contribution is 9.10. The van der Waals surface area contributed by atoms with Crippen LogP contribution in [-0.2, 0) is 0 Å². The molecule has 0 unspecified atom stereocenters. The second-order valence-corrected chi connectivity index (χ2v) is 5.16. The number of carbonyl (C=O) groups excluding carboxylic acids is 2. The highest BCUT2D eigenvalue weighted by atomic mass is 79.9. The summed E-state index contributed by atoms with van der Waals surface area (Å²) >= 11 is 3.24. The number of hydrogen-bond donors (Lipinski definition) is 2. The van der Waals surface area contributed by atoms with Crippen LogP contribution in [0.15, 0.2) is 41.1 Å². The van der Waals surface area contributed by atoms with E-state index >= 15 is 0 Å². The van der Waals surface area contributed by atoms with Gasteiger partial charge in [-0.25, -0.2) is 4.98 Å². The summed E-state index contributed by atoms with van der Waals surface area (Å²) in [5, 5.41) is 5.37. The van der Waals surface area contributed by atoms with Crippen molar-refractivity contribution in [3.8, 4) is 0 Å². The maximum atomic E-state index is 12.2. The molecule has 0 bridgehead atoms. The van der Waals surface area contributed by atoms with Gasteiger partial charge in [-0.15, -0.1) is 0 Å². The Kier molecular flexibility index (Phi) is 4.70. The minimum absolute atomic E-state index is 0.161. The van der Waals surface area contributed by atoms with Crippen LogP contribution in [0.3, 0.4) is 0 Å². The fraction of sp³-hybridized carbons (Fsp3) is 0.133. The molecule has 1 aromatic carbocycles. The molecule has 0 fully saturated rings. The molecule has 0 saturated carbocycles. The Morgan fingerprint density at radius 1 is 1.19 bits per heavy atom. The molecule has 2 aromatic rings. The van der Waals surface area contributed by atoms with Crippen LogP contribution >= 0.6 is 15.9 Å². The average molecular weight is 348 g/mol. The highest BCUT2D eigenvalue weighted by Crippen LogP contribution is 2.19. The molecule has 0 aliphatic carbocycles. The molecule has 6 heteroatoms. The van der Waals surface area contributed by atoms with Crippen molar-refractivity contribution in [1.29, 1.82) is 0 Å². The summed E-state index contributed by atoms with van der Waals surface area (Å²) in [6, 6.07) is 8.48. The van der Waals surface area contributed by atoms with Crippen molar-refractivity contribution in [2.45, 2.75) is 6.92 Å². The van der Waals surface area contributed by atoms with Gasteiger partial charge >= 0.3 is 0 Å². The van der Waals surface area contributed by atoms with Gasteiger partial charge in [0.2, 0.25) is 0 Å². The van der Waals surface area contributed by atoms with E-state index in [0.717, 1.165) is 5.56 Å². The second kappa shape index (κ2) is 6.49. The Morgan fingerprint density at radius 3 is 2.57 bits per heavy atom. The first-order valence-corrected chi connectivity index (χ1v) is 7.07. The lowest BCUT2D eigenvalue weighted by atomic mass is 10.1. The summed E-state index contributed by atoms with van der Waals surface area (Å²) < 4.78 is 0.488. The molecular weight excluding hydrogens is 334 g/mol. The van der Waals surface area contributed by atoms with Crippen molar-refractivity contribution in [2.24, 2.45) is 0 Å². The van der Waals surface area contributed by atoms with E-state index in [-0.39, 0.29) is 11.8 Å². The number of carbonyl (C=O) groups is 2. The maximum Gasteiger partial charge on any atom is 0.258 e. The minimum Gasteiger partial charge on any atom is -0.355 e. The number of pyridine rings is 1. The SMILES string of the molecule is CNC(=O)c1ccc(NC(=O)c2cccnc2Br)c(C)c1. The number of aryl methyl sites for hydroxylation is 1. The van der Waals surface area contributed by atoms with Crippen molar-refractivity contribution in [1.82, 2.24) is 10.3 Å². The summed E-state index contributed by atoms with van der Waals surface area (Å²) in [5.74, 6) is -0.420. The Morgan fingerprint density at radius 2 is 1.95 bits per heavy atom. The zero-order valence-electron chi connectivity index (χ0n) is 11.6. The van der Waals surface area contributed by atoms with Crippen LogP contribution in [-0.4, -0.2) is 23.8 Å². The molecule has 108 valence electrons. The van der Waals surface area contributed by atoms with Crippen molar-refractivity contribution in [2.75, 3.05) is 12.4 Å². The molecular formula is C15H14BrN3O2. The lowest BCUT2D eigenvalue weighted by molar-refractivity contribution is 0.0962. The zero-order chi connectivity index (χ0) is 15.4. The number of halogens is 1. The highest BCUT2D eigenvalue weighted by Gasteiger charge is 2.12. The van der Waals surface area contributed by atoms with E-state index < -0.39 is 0 Å². The van der Waals surface area contributed by atoms with Gasteiger partial charge in [-0.1, -0.05) is 0 Å². The summed E-state index contributed by atoms with van der Waals surface area (Å²) in [5.41, 5.74) is 2.47. The third-order valence-corrected chi connectivity index (χ3v) is 3.60. The molecule has 2 rings (SSSR count). The first kappa shape index (κ1) is 15.2. The van der Waals surface area contributed by atoms with Gasteiger partial charge in [0.15, 0.2) is 0 Å². The number of rotatable bonds is 3. The van der Waals surface area contributed by atoms with E-state index in [9.17, 15) is 9.59 Å². The summed E-state index contributed by atoms with van der Waals surface area (Å²) in [7, 11) is 1.58. The van der Waals surface area contributed by atoms with E-state index in [1.807, 2.05) is 6.92 Å². The van der Waals surface area contributed by atoms with Crippen LogP contribution < -0.4 is 10.6 Å². The van der Waals surface area contributed by atoms with Crippen molar-refractivity contribution in [3.05, 3.63) is 57.8 Å². The predicted octanol–water partition coefficient (Wildman–Crippen LogP) is 2.76. The largest absolute Gasteiger partial charge is 0.355 e. The topological polar surface area (TPSA) is 71.1 Å². The van der Waals surface area contributed by atoms with E-state index in [1.54, 1.807) is 43.6 Å². The van der Waals surface area contributed by atoms with E-state index in [2.05, 4.69) is 31.5 Å².